The Morgan fingerprint density at radius 1 is 1.00 bits per heavy atom. The van der Waals surface area contributed by atoms with Gasteiger partial charge in [-0.2, -0.15) is 5.10 Å². The molecule has 2 aromatic rings. The van der Waals surface area contributed by atoms with Crippen LogP contribution in [-0.4, -0.2) is 76.8 Å². The molecule has 9 nitrogen and oxygen atoms in total. The molecule has 1 saturated heterocycles. The number of amides is 2. The molecule has 0 spiro atoms. The van der Waals surface area contributed by atoms with Gasteiger partial charge < -0.3 is 19.3 Å². The lowest BCUT2D eigenvalue weighted by atomic mass is 10.1. The molecule has 0 N–H and O–H groups in total. The van der Waals surface area contributed by atoms with E-state index in [1.54, 1.807) is 53.8 Å². The zero-order valence-electron chi connectivity index (χ0n) is 16.4. The van der Waals surface area contributed by atoms with Gasteiger partial charge in [-0.1, -0.05) is 0 Å². The predicted octanol–water partition coefficient (Wildman–Crippen LogP) is 1.23. The van der Waals surface area contributed by atoms with Crippen LogP contribution in [0.4, 0.5) is 0 Å². The van der Waals surface area contributed by atoms with Gasteiger partial charge in [0.1, 0.15) is 30.2 Å². The molecule has 28 heavy (non-hydrogen) atoms. The summed E-state index contributed by atoms with van der Waals surface area (Å²) < 4.78 is 12.0. The molecule has 2 amide bonds. The van der Waals surface area contributed by atoms with E-state index in [4.69, 9.17) is 9.47 Å². The Bertz CT molecular complexity index is 801. The molecule has 0 bridgehead atoms. The zero-order valence-corrected chi connectivity index (χ0v) is 16.4. The highest BCUT2D eigenvalue weighted by Crippen LogP contribution is 2.24. The van der Waals surface area contributed by atoms with Crippen molar-refractivity contribution in [3.8, 4) is 11.5 Å². The van der Waals surface area contributed by atoms with Crippen molar-refractivity contribution in [2.75, 3.05) is 40.4 Å². The molecule has 1 aliphatic rings. The van der Waals surface area contributed by atoms with Gasteiger partial charge in [-0.3, -0.25) is 9.59 Å². The van der Waals surface area contributed by atoms with Gasteiger partial charge in [0.25, 0.3) is 5.91 Å². The molecule has 3 rings (SSSR count). The van der Waals surface area contributed by atoms with E-state index >= 15 is 0 Å². The summed E-state index contributed by atoms with van der Waals surface area (Å²) in [5, 5.41) is 4.04. The van der Waals surface area contributed by atoms with E-state index in [2.05, 4.69) is 10.1 Å². The third-order valence-corrected chi connectivity index (χ3v) is 4.88. The highest BCUT2D eigenvalue weighted by Gasteiger charge is 2.27. The highest BCUT2D eigenvalue weighted by atomic mass is 16.5. The van der Waals surface area contributed by atoms with Crippen LogP contribution < -0.4 is 9.47 Å². The Balaban J connectivity index is 1.68. The van der Waals surface area contributed by atoms with Gasteiger partial charge in [0.15, 0.2) is 0 Å². The van der Waals surface area contributed by atoms with Crippen molar-refractivity contribution < 1.29 is 19.1 Å². The Labute approximate surface area is 163 Å². The average Bonchev–Trinajstić information content (AvgIpc) is 3.16. The average molecular weight is 387 g/mol. The van der Waals surface area contributed by atoms with Crippen LogP contribution in [0.2, 0.25) is 0 Å². The lowest BCUT2D eigenvalue weighted by Gasteiger charge is -2.24. The fraction of sp³-hybridized carbons (Fsp3) is 0.474. The third kappa shape index (κ3) is 4.24. The van der Waals surface area contributed by atoms with E-state index in [1.807, 2.05) is 0 Å². The molecule has 1 aromatic carbocycles. The molecular weight excluding hydrogens is 362 g/mol. The van der Waals surface area contributed by atoms with Crippen molar-refractivity contribution in [3.05, 3.63) is 36.4 Å². The van der Waals surface area contributed by atoms with Gasteiger partial charge in [0.2, 0.25) is 5.91 Å². The molecule has 1 unspecified atom stereocenters. The Kier molecular flexibility index (Phi) is 6.13. The summed E-state index contributed by atoms with van der Waals surface area (Å²) in [6.07, 6.45) is 3.66. The van der Waals surface area contributed by atoms with Gasteiger partial charge in [0.05, 0.1) is 14.2 Å². The second-order valence-electron chi connectivity index (χ2n) is 6.62. The maximum Gasteiger partial charge on any atom is 0.254 e. The van der Waals surface area contributed by atoms with E-state index in [0.717, 1.165) is 0 Å². The van der Waals surface area contributed by atoms with Gasteiger partial charge in [-0.05, 0) is 25.5 Å². The van der Waals surface area contributed by atoms with Crippen molar-refractivity contribution in [2.45, 2.75) is 19.4 Å². The Morgan fingerprint density at radius 3 is 2.25 bits per heavy atom. The molecule has 0 radical (unpaired) electrons. The number of hydrogen-bond acceptors (Lipinski definition) is 6. The summed E-state index contributed by atoms with van der Waals surface area (Å²) in [4.78, 5) is 33.2. The SMILES string of the molecule is COc1cc(OC)cc(C(=O)N2CCCN(C(=O)C(C)n3cncn3)CC2)c1. The molecule has 1 aromatic heterocycles. The summed E-state index contributed by atoms with van der Waals surface area (Å²) in [5.41, 5.74) is 0.506. The normalized spacial score (nSPS) is 15.7. The van der Waals surface area contributed by atoms with Crippen molar-refractivity contribution in [1.82, 2.24) is 24.6 Å². The summed E-state index contributed by atoms with van der Waals surface area (Å²) in [5.74, 6) is 1.01. The van der Waals surface area contributed by atoms with Crippen LogP contribution in [0.3, 0.4) is 0 Å². The quantitative estimate of drug-likeness (QED) is 0.767. The number of nitrogens with zero attached hydrogens (tertiary/aromatic N) is 5. The second-order valence-corrected chi connectivity index (χ2v) is 6.62. The number of hydrogen-bond donors (Lipinski definition) is 0. The third-order valence-electron chi connectivity index (χ3n) is 4.88. The van der Waals surface area contributed by atoms with Crippen molar-refractivity contribution in [2.24, 2.45) is 0 Å². The van der Waals surface area contributed by atoms with E-state index in [0.29, 0.717) is 49.7 Å². The lowest BCUT2D eigenvalue weighted by Crippen LogP contribution is -2.40. The number of aromatic nitrogens is 3. The van der Waals surface area contributed by atoms with Crippen molar-refractivity contribution >= 4 is 11.8 Å². The maximum absolute atomic E-state index is 13.0. The van der Waals surface area contributed by atoms with Crippen molar-refractivity contribution in [1.29, 1.82) is 0 Å². The van der Waals surface area contributed by atoms with E-state index < -0.39 is 6.04 Å². The minimum atomic E-state index is -0.424. The van der Waals surface area contributed by atoms with Crippen LogP contribution >= 0.6 is 0 Å². The van der Waals surface area contributed by atoms with Crippen LogP contribution in [0.15, 0.2) is 30.9 Å². The molecule has 0 saturated carbocycles. The Hall–Kier alpha value is -3.10. The van der Waals surface area contributed by atoms with E-state index in [-0.39, 0.29) is 11.8 Å². The molecule has 150 valence electrons. The summed E-state index contributed by atoms with van der Waals surface area (Å²) in [6, 6.07) is 4.70. The molecular formula is C19H25N5O4. The molecule has 1 aliphatic heterocycles. The van der Waals surface area contributed by atoms with Crippen LogP contribution in [-0.2, 0) is 4.79 Å². The molecule has 1 fully saturated rings. The minimum absolute atomic E-state index is 0.0251. The van der Waals surface area contributed by atoms with Crippen molar-refractivity contribution in [3.63, 3.8) is 0 Å². The number of ether oxygens (including phenoxy) is 2. The standard InChI is InChI=1S/C19H25N5O4/c1-14(24-13-20-12-21-24)18(25)22-5-4-6-23(8-7-22)19(26)15-9-16(27-2)11-17(10-15)28-3/h9-14H,4-8H2,1-3H3. The molecule has 1 atom stereocenters. The monoisotopic (exact) mass is 387 g/mol. The van der Waals surface area contributed by atoms with Gasteiger partial charge >= 0.3 is 0 Å². The fourth-order valence-electron chi connectivity index (χ4n) is 3.25. The molecule has 2 heterocycles. The smallest absolute Gasteiger partial charge is 0.254 e. The number of rotatable bonds is 5. The molecule has 9 heteroatoms. The van der Waals surface area contributed by atoms with Crippen LogP contribution in [0.1, 0.15) is 29.7 Å². The molecule has 0 aliphatic carbocycles. The Morgan fingerprint density at radius 2 is 1.64 bits per heavy atom. The zero-order chi connectivity index (χ0) is 20.1. The van der Waals surface area contributed by atoms with Crippen LogP contribution in [0.25, 0.3) is 0 Å². The maximum atomic E-state index is 13.0. The fourth-order valence-corrected chi connectivity index (χ4v) is 3.25. The summed E-state index contributed by atoms with van der Waals surface area (Å²) >= 11 is 0. The number of carbonyl (C=O) groups excluding carboxylic acids is 2. The topological polar surface area (TPSA) is 89.8 Å². The minimum Gasteiger partial charge on any atom is -0.497 e. The van der Waals surface area contributed by atoms with E-state index in [1.165, 1.54) is 12.7 Å². The highest BCUT2D eigenvalue weighted by molar-refractivity contribution is 5.95. The first-order valence-electron chi connectivity index (χ1n) is 9.18. The number of carbonyl (C=O) groups is 2. The van der Waals surface area contributed by atoms with E-state index in [9.17, 15) is 9.59 Å². The summed E-state index contributed by atoms with van der Waals surface area (Å²) in [6.45, 7) is 3.93. The first-order chi connectivity index (χ1) is 13.5. The number of methoxy groups -OCH3 is 2. The first kappa shape index (κ1) is 19.7. The largest absolute Gasteiger partial charge is 0.497 e. The lowest BCUT2D eigenvalue weighted by molar-refractivity contribution is -0.134. The van der Waals surface area contributed by atoms with Crippen LogP contribution in [0, 0.1) is 0 Å². The van der Waals surface area contributed by atoms with Gasteiger partial charge in [-0.15, -0.1) is 0 Å². The predicted molar refractivity (Wildman–Crippen MR) is 101 cm³/mol. The first-order valence-corrected chi connectivity index (χ1v) is 9.18. The van der Waals surface area contributed by atoms with Gasteiger partial charge in [-0.25, -0.2) is 9.67 Å². The van der Waals surface area contributed by atoms with Crippen LogP contribution in [0.5, 0.6) is 11.5 Å². The number of benzene rings is 1. The van der Waals surface area contributed by atoms with Gasteiger partial charge in [0, 0.05) is 37.8 Å². The second kappa shape index (κ2) is 8.73. The summed E-state index contributed by atoms with van der Waals surface area (Å²) in [7, 11) is 3.10.